The van der Waals surface area contributed by atoms with Crippen LogP contribution in [0.5, 0.6) is 5.75 Å². The molecule has 0 aliphatic heterocycles. The molecule has 4 rings (SSSR count). The van der Waals surface area contributed by atoms with Gasteiger partial charge in [-0.15, -0.1) is 11.3 Å². The maximum Gasteiger partial charge on any atom is 1.00 e. The molecule has 0 aliphatic carbocycles. The topological polar surface area (TPSA) is 88.5 Å². The zero-order valence-electron chi connectivity index (χ0n) is 20.5. The van der Waals surface area contributed by atoms with Crippen LogP contribution in [0.25, 0.3) is 10.6 Å². The molecule has 36 heavy (non-hydrogen) atoms. The van der Waals surface area contributed by atoms with Crippen LogP contribution in [0.15, 0.2) is 66.7 Å². The number of carbonyl (C=O) groups is 2. The molecular weight excluding hydrogens is 514 g/mol. The van der Waals surface area contributed by atoms with Gasteiger partial charge in [-0.25, -0.2) is 9.78 Å². The number of anilines is 1. The predicted molar refractivity (Wildman–Crippen MR) is 140 cm³/mol. The van der Waals surface area contributed by atoms with Crippen molar-refractivity contribution in [3.05, 3.63) is 98.5 Å². The maximum absolute atomic E-state index is 12.6. The van der Waals surface area contributed by atoms with Gasteiger partial charge in [-0.3, -0.25) is 4.79 Å². The van der Waals surface area contributed by atoms with E-state index in [0.29, 0.717) is 23.8 Å². The van der Waals surface area contributed by atoms with Crippen molar-refractivity contribution in [2.24, 2.45) is 0 Å². The number of aryl methyl sites for hydroxylation is 1. The largest absolute Gasteiger partial charge is 1.00 e. The van der Waals surface area contributed by atoms with Crippen molar-refractivity contribution in [2.45, 2.75) is 13.3 Å². The van der Waals surface area contributed by atoms with Gasteiger partial charge in [0.05, 0.1) is 34.1 Å². The fraction of sp³-hybridized carbons (Fsp3) is 0.115. The predicted octanol–water partition coefficient (Wildman–Crippen LogP) is 4.11. The second-order valence-electron chi connectivity index (χ2n) is 7.58. The third-order valence-electron chi connectivity index (χ3n) is 5.17. The summed E-state index contributed by atoms with van der Waals surface area (Å²) in [5, 5.41) is 13.8. The fourth-order valence-electron chi connectivity index (χ4n) is 3.39. The second kappa shape index (κ2) is 12.4. The van der Waals surface area contributed by atoms with Gasteiger partial charge in [0.25, 0.3) is 5.91 Å². The van der Waals surface area contributed by atoms with Gasteiger partial charge >= 0.3 is 24.8 Å². The van der Waals surface area contributed by atoms with Crippen LogP contribution in [-0.2, 0) is 6.42 Å². The summed E-state index contributed by atoms with van der Waals surface area (Å²) in [4.78, 5) is 30.3. The molecule has 0 fully saturated rings. The summed E-state index contributed by atoms with van der Waals surface area (Å²) in [7, 11) is 0. The van der Waals surface area contributed by atoms with E-state index in [4.69, 9.17) is 32.9 Å². The number of carboxylic acids is 1. The van der Waals surface area contributed by atoms with Crippen LogP contribution in [0.3, 0.4) is 0 Å². The number of carboxylic acid groups (broad SMARTS) is 1. The van der Waals surface area contributed by atoms with Crippen molar-refractivity contribution in [2.75, 3.05) is 11.9 Å². The van der Waals surface area contributed by atoms with E-state index in [1.807, 2.05) is 37.3 Å². The summed E-state index contributed by atoms with van der Waals surface area (Å²) >= 11 is 13.6. The second-order valence-corrected chi connectivity index (χ2v) is 9.62. The van der Waals surface area contributed by atoms with Gasteiger partial charge in [0, 0.05) is 21.9 Å². The van der Waals surface area contributed by atoms with Crippen molar-refractivity contribution in [1.82, 2.24) is 4.98 Å². The molecule has 0 unspecified atom stereocenters. The van der Waals surface area contributed by atoms with Gasteiger partial charge in [-0.1, -0.05) is 53.5 Å². The smallest absolute Gasteiger partial charge is 1.00 e. The summed E-state index contributed by atoms with van der Waals surface area (Å²) in [5.74, 6) is -1.37. The van der Waals surface area contributed by atoms with E-state index in [-0.39, 0.29) is 42.1 Å². The molecule has 4 aromatic rings. The Kier molecular flexibility index (Phi) is 9.61. The van der Waals surface area contributed by atoms with Crippen molar-refractivity contribution >= 4 is 52.1 Å². The molecule has 0 atom stereocenters. The van der Waals surface area contributed by atoms with Gasteiger partial charge in [-0.2, -0.15) is 0 Å². The molecule has 6 nitrogen and oxygen atoms in total. The molecule has 0 saturated heterocycles. The van der Waals surface area contributed by atoms with Gasteiger partial charge in [0.2, 0.25) is 0 Å². The van der Waals surface area contributed by atoms with E-state index < -0.39 is 11.9 Å². The molecule has 180 valence electrons. The van der Waals surface area contributed by atoms with Gasteiger partial charge in [0.1, 0.15) is 10.8 Å². The van der Waals surface area contributed by atoms with E-state index in [9.17, 15) is 14.7 Å². The first-order valence-electron chi connectivity index (χ1n) is 10.6. The van der Waals surface area contributed by atoms with Crippen LogP contribution in [0, 0.1) is 6.92 Å². The minimum Gasteiger partial charge on any atom is -1.00 e. The number of thiazole rings is 1. The van der Waals surface area contributed by atoms with Crippen molar-refractivity contribution in [3.63, 3.8) is 0 Å². The summed E-state index contributed by atoms with van der Waals surface area (Å²) in [5.41, 5.74) is 2.22. The first-order chi connectivity index (χ1) is 16.8. The summed E-state index contributed by atoms with van der Waals surface area (Å²) in [6, 6.07) is 18.9. The molecule has 3 aromatic carbocycles. The Bertz CT molecular complexity index is 1400. The summed E-state index contributed by atoms with van der Waals surface area (Å²) in [6.07, 6.45) is 0.575. The Balaban J connectivity index is 0.00000241. The average Bonchev–Trinajstić information content (AvgIpc) is 3.20. The number of amides is 1. The van der Waals surface area contributed by atoms with E-state index in [1.54, 1.807) is 17.4 Å². The normalized spacial score (nSPS) is 10.4. The van der Waals surface area contributed by atoms with E-state index >= 15 is 0 Å². The number of hydrogen-bond acceptors (Lipinski definition) is 5. The number of aromatic nitrogens is 1. The molecule has 0 saturated carbocycles. The number of halogens is 2. The van der Waals surface area contributed by atoms with Crippen LogP contribution >= 0.6 is 34.5 Å². The van der Waals surface area contributed by atoms with Crippen LogP contribution in [-0.4, -0.2) is 28.6 Å². The number of nitrogens with one attached hydrogen (secondary N) is 1. The fourth-order valence-corrected chi connectivity index (χ4v) is 4.85. The molecule has 1 aromatic heterocycles. The van der Waals surface area contributed by atoms with E-state index in [2.05, 4.69) is 5.32 Å². The van der Waals surface area contributed by atoms with Crippen LogP contribution in [0.4, 0.5) is 5.69 Å². The maximum atomic E-state index is 12.6. The Morgan fingerprint density at radius 1 is 1.06 bits per heavy atom. The van der Waals surface area contributed by atoms with Crippen LogP contribution in [0.2, 0.25) is 10.0 Å². The number of hydrogen-bond donors (Lipinski definition) is 2. The van der Waals surface area contributed by atoms with E-state index in [1.165, 1.54) is 30.3 Å². The first kappa shape index (κ1) is 27.8. The summed E-state index contributed by atoms with van der Waals surface area (Å²) < 4.78 is 5.80. The number of carbonyl (C=O) groups excluding carboxylic acids is 1. The molecule has 0 aliphatic rings. The van der Waals surface area contributed by atoms with Gasteiger partial charge in [0.15, 0.2) is 0 Å². The molecule has 1 heterocycles. The number of nitrogens with zero attached hydrogens (tertiary/aromatic N) is 1. The number of ether oxygens (including phenoxy) is 1. The Morgan fingerprint density at radius 3 is 2.50 bits per heavy atom. The Labute approximate surface area is 235 Å². The molecule has 2 N–H and O–H groups in total. The number of aromatic carboxylic acids is 1. The van der Waals surface area contributed by atoms with Crippen molar-refractivity contribution in [1.29, 1.82) is 0 Å². The van der Waals surface area contributed by atoms with E-state index in [0.717, 1.165) is 21.1 Å². The first-order valence-corrected chi connectivity index (χ1v) is 12.2. The number of rotatable bonds is 8. The SMILES string of the molecule is Cc1sc(-c2ccccc2)nc1CCOc1ccc(NC(=O)c2ccc(Cl)cc2Cl)c(C(=O)O)c1.[H-].[Li+]. The minimum absolute atomic E-state index is 0. The molecule has 1 amide bonds. The molecule has 0 radical (unpaired) electrons. The third-order valence-corrected chi connectivity index (χ3v) is 6.78. The van der Waals surface area contributed by atoms with Crippen molar-refractivity contribution in [3.8, 4) is 16.3 Å². The molecule has 0 bridgehead atoms. The zero-order chi connectivity index (χ0) is 24.9. The van der Waals surface area contributed by atoms with Crippen LogP contribution < -0.4 is 28.9 Å². The quantitative estimate of drug-likeness (QED) is 0.332. The van der Waals surface area contributed by atoms with Gasteiger partial charge in [-0.05, 0) is 43.3 Å². The number of benzene rings is 3. The average molecular weight is 535 g/mol. The minimum atomic E-state index is -1.20. The van der Waals surface area contributed by atoms with Gasteiger partial charge < -0.3 is 16.6 Å². The monoisotopic (exact) mass is 534 g/mol. The van der Waals surface area contributed by atoms with Crippen LogP contribution in [0.1, 0.15) is 32.7 Å². The summed E-state index contributed by atoms with van der Waals surface area (Å²) in [6.45, 7) is 2.34. The molecule has 0 spiro atoms. The Hall–Kier alpha value is -2.79. The van der Waals surface area contributed by atoms with Crippen molar-refractivity contribution < 1.29 is 39.7 Å². The molecule has 10 heteroatoms. The molecular formula is C26H21Cl2LiN2O4S. The zero-order valence-corrected chi connectivity index (χ0v) is 21.9. The standard InChI is InChI=1S/C26H20Cl2N2O4S.Li.H/c1-15-22(30-25(35-15)16-5-3-2-4-6-16)11-12-34-18-8-10-23(20(14-18)26(32)33)29-24(31)19-9-7-17(27)13-21(19)28;;/h2-10,13-14H,11-12H2,1H3,(H,29,31)(H,32,33);;/q;+1;-1. The third kappa shape index (κ3) is 6.70. The Morgan fingerprint density at radius 2 is 1.81 bits per heavy atom.